The molecule has 2 unspecified atom stereocenters. The molecule has 3 amide bonds. The molecule has 190 valence electrons. The lowest BCUT2D eigenvalue weighted by Gasteiger charge is -2.20. The second kappa shape index (κ2) is 11.9. The van der Waals surface area contributed by atoms with Crippen LogP contribution < -0.4 is 15.5 Å². The number of amides is 3. The molecule has 2 heterocycles. The van der Waals surface area contributed by atoms with Gasteiger partial charge in [-0.2, -0.15) is 0 Å². The Morgan fingerprint density at radius 2 is 1.81 bits per heavy atom. The zero-order valence-electron chi connectivity index (χ0n) is 20.2. The minimum atomic E-state index is -1.05. The second-order valence-corrected chi connectivity index (χ2v) is 8.96. The molecular formula is C28H28N4O5. The van der Waals surface area contributed by atoms with Gasteiger partial charge in [0, 0.05) is 37.6 Å². The number of aliphatic carboxylic acids is 1. The second-order valence-electron chi connectivity index (χ2n) is 8.96. The molecule has 0 aliphatic carbocycles. The fraction of sp³-hybridized carbons (Fsp3) is 0.250. The van der Waals surface area contributed by atoms with Crippen molar-refractivity contribution in [2.45, 2.75) is 31.8 Å². The summed E-state index contributed by atoms with van der Waals surface area (Å²) in [5.74, 6) is -2.41. The first-order chi connectivity index (χ1) is 17.9. The van der Waals surface area contributed by atoms with Crippen molar-refractivity contribution in [3.8, 4) is 0 Å². The standard InChI is InChI=1S/C28H28N4O5/c33-25(30-16-19-6-2-1-3-7-19)13-20-8-4-10-23(12-20)32-18-22(14-26(32)34)28(37)31-24(15-27(35)36)21-9-5-11-29-17-21/h1-12,17,22,24H,13-16,18H2,(H,30,33)(H,31,37)(H,35,36). The van der Waals surface area contributed by atoms with Crippen LogP contribution in [-0.2, 0) is 32.1 Å². The summed E-state index contributed by atoms with van der Waals surface area (Å²) in [5, 5.41) is 14.9. The third-order valence-corrected chi connectivity index (χ3v) is 6.20. The Morgan fingerprint density at radius 3 is 2.54 bits per heavy atom. The number of hydrogen-bond acceptors (Lipinski definition) is 5. The monoisotopic (exact) mass is 500 g/mol. The number of pyridine rings is 1. The molecule has 9 nitrogen and oxygen atoms in total. The SMILES string of the molecule is O=C(O)CC(NC(=O)C1CC(=O)N(c2cccc(CC(=O)NCc3ccccc3)c2)C1)c1cccnc1. The summed E-state index contributed by atoms with van der Waals surface area (Å²) >= 11 is 0. The summed E-state index contributed by atoms with van der Waals surface area (Å²) in [5.41, 5.74) is 2.95. The third kappa shape index (κ3) is 7.00. The van der Waals surface area contributed by atoms with E-state index in [1.807, 2.05) is 36.4 Å². The number of rotatable bonds is 10. The first kappa shape index (κ1) is 25.6. The Balaban J connectivity index is 1.37. The first-order valence-corrected chi connectivity index (χ1v) is 12.0. The van der Waals surface area contributed by atoms with Crippen LogP contribution >= 0.6 is 0 Å². The molecule has 0 bridgehead atoms. The van der Waals surface area contributed by atoms with Crippen LogP contribution in [0.4, 0.5) is 5.69 Å². The molecular weight excluding hydrogens is 472 g/mol. The molecule has 3 aromatic rings. The fourth-order valence-electron chi connectivity index (χ4n) is 4.31. The van der Waals surface area contributed by atoms with Crippen LogP contribution in [-0.4, -0.2) is 40.3 Å². The number of hydrogen-bond donors (Lipinski definition) is 3. The number of carboxylic acid groups (broad SMARTS) is 1. The predicted octanol–water partition coefficient (Wildman–Crippen LogP) is 2.63. The molecule has 2 atom stereocenters. The highest BCUT2D eigenvalue weighted by Gasteiger charge is 2.36. The van der Waals surface area contributed by atoms with Crippen molar-refractivity contribution < 1.29 is 24.3 Å². The van der Waals surface area contributed by atoms with E-state index in [0.29, 0.717) is 17.8 Å². The summed E-state index contributed by atoms with van der Waals surface area (Å²) in [6.45, 7) is 0.601. The van der Waals surface area contributed by atoms with Gasteiger partial charge in [-0.25, -0.2) is 0 Å². The summed E-state index contributed by atoms with van der Waals surface area (Å²) in [7, 11) is 0. The number of carboxylic acids is 1. The van der Waals surface area contributed by atoms with Gasteiger partial charge in [0.25, 0.3) is 0 Å². The average molecular weight is 501 g/mol. The van der Waals surface area contributed by atoms with Crippen LogP contribution in [0.25, 0.3) is 0 Å². The quantitative estimate of drug-likeness (QED) is 0.393. The maximum Gasteiger partial charge on any atom is 0.305 e. The maximum atomic E-state index is 13.0. The Morgan fingerprint density at radius 1 is 1.03 bits per heavy atom. The Bertz CT molecular complexity index is 1270. The Labute approximate surface area is 214 Å². The average Bonchev–Trinajstić information content (AvgIpc) is 3.30. The van der Waals surface area contributed by atoms with Gasteiger partial charge in [-0.15, -0.1) is 0 Å². The molecule has 0 radical (unpaired) electrons. The van der Waals surface area contributed by atoms with Crippen LogP contribution in [0.3, 0.4) is 0 Å². The normalized spacial score (nSPS) is 15.7. The van der Waals surface area contributed by atoms with Gasteiger partial charge in [0.2, 0.25) is 17.7 Å². The lowest BCUT2D eigenvalue weighted by molar-refractivity contribution is -0.138. The van der Waals surface area contributed by atoms with Crippen LogP contribution in [0.15, 0.2) is 79.1 Å². The van der Waals surface area contributed by atoms with Gasteiger partial charge in [-0.1, -0.05) is 48.5 Å². The number of benzene rings is 2. The molecule has 1 aliphatic rings. The van der Waals surface area contributed by atoms with E-state index in [1.54, 1.807) is 36.5 Å². The largest absolute Gasteiger partial charge is 0.481 e. The van der Waals surface area contributed by atoms with E-state index in [-0.39, 0.29) is 43.5 Å². The van der Waals surface area contributed by atoms with E-state index in [0.717, 1.165) is 11.1 Å². The van der Waals surface area contributed by atoms with Crippen molar-refractivity contribution in [3.63, 3.8) is 0 Å². The van der Waals surface area contributed by atoms with Gasteiger partial charge < -0.3 is 20.6 Å². The summed E-state index contributed by atoms with van der Waals surface area (Å²) in [4.78, 5) is 55.1. The molecule has 0 spiro atoms. The van der Waals surface area contributed by atoms with Crippen LogP contribution in [0, 0.1) is 5.92 Å². The summed E-state index contributed by atoms with van der Waals surface area (Å²) < 4.78 is 0. The molecule has 37 heavy (non-hydrogen) atoms. The molecule has 4 rings (SSSR count). The molecule has 3 N–H and O–H groups in total. The predicted molar refractivity (Wildman–Crippen MR) is 136 cm³/mol. The van der Waals surface area contributed by atoms with Gasteiger partial charge >= 0.3 is 5.97 Å². The van der Waals surface area contributed by atoms with Crippen molar-refractivity contribution in [2.75, 3.05) is 11.4 Å². The van der Waals surface area contributed by atoms with Crippen molar-refractivity contribution in [2.24, 2.45) is 5.92 Å². The lowest BCUT2D eigenvalue weighted by atomic mass is 10.0. The fourth-order valence-corrected chi connectivity index (χ4v) is 4.31. The molecule has 0 saturated carbocycles. The van der Waals surface area contributed by atoms with E-state index >= 15 is 0 Å². The third-order valence-electron chi connectivity index (χ3n) is 6.20. The van der Waals surface area contributed by atoms with Gasteiger partial charge in [-0.3, -0.25) is 24.2 Å². The summed E-state index contributed by atoms with van der Waals surface area (Å²) in [6.07, 6.45) is 2.96. The summed E-state index contributed by atoms with van der Waals surface area (Å²) in [6, 6.07) is 19.4. The number of carbonyl (C=O) groups excluding carboxylic acids is 3. The number of anilines is 1. The van der Waals surface area contributed by atoms with Crippen molar-refractivity contribution in [1.29, 1.82) is 0 Å². The van der Waals surface area contributed by atoms with E-state index in [9.17, 15) is 24.3 Å². The number of nitrogens with one attached hydrogen (secondary N) is 2. The van der Waals surface area contributed by atoms with Crippen LogP contribution in [0.5, 0.6) is 0 Å². The van der Waals surface area contributed by atoms with Crippen molar-refractivity contribution in [1.82, 2.24) is 15.6 Å². The maximum absolute atomic E-state index is 13.0. The van der Waals surface area contributed by atoms with Crippen LogP contribution in [0.2, 0.25) is 0 Å². The molecule has 9 heteroatoms. The zero-order chi connectivity index (χ0) is 26.2. The van der Waals surface area contributed by atoms with E-state index in [2.05, 4.69) is 15.6 Å². The van der Waals surface area contributed by atoms with E-state index in [1.165, 1.54) is 11.1 Å². The number of aromatic nitrogens is 1. The number of nitrogens with zero attached hydrogens (tertiary/aromatic N) is 2. The molecule has 1 aromatic heterocycles. The first-order valence-electron chi connectivity index (χ1n) is 12.0. The van der Waals surface area contributed by atoms with Crippen LogP contribution in [0.1, 0.15) is 35.6 Å². The molecule has 1 saturated heterocycles. The minimum absolute atomic E-state index is 0.0143. The Kier molecular flexibility index (Phi) is 8.25. The van der Waals surface area contributed by atoms with Crippen molar-refractivity contribution >= 4 is 29.4 Å². The minimum Gasteiger partial charge on any atom is -0.481 e. The van der Waals surface area contributed by atoms with Gasteiger partial charge in [-0.05, 0) is 34.9 Å². The topological polar surface area (TPSA) is 129 Å². The van der Waals surface area contributed by atoms with Crippen molar-refractivity contribution in [3.05, 3.63) is 95.8 Å². The smallest absolute Gasteiger partial charge is 0.305 e. The highest BCUT2D eigenvalue weighted by molar-refractivity contribution is 6.00. The van der Waals surface area contributed by atoms with Gasteiger partial charge in [0.1, 0.15) is 0 Å². The van der Waals surface area contributed by atoms with Gasteiger partial charge in [0.15, 0.2) is 0 Å². The van der Waals surface area contributed by atoms with Gasteiger partial charge in [0.05, 0.1) is 24.8 Å². The lowest BCUT2D eigenvalue weighted by Crippen LogP contribution is -2.36. The highest BCUT2D eigenvalue weighted by Crippen LogP contribution is 2.27. The molecule has 1 fully saturated rings. The Hall–Kier alpha value is -4.53. The highest BCUT2D eigenvalue weighted by atomic mass is 16.4. The molecule has 1 aliphatic heterocycles. The zero-order valence-corrected chi connectivity index (χ0v) is 20.2. The number of carbonyl (C=O) groups is 4. The van der Waals surface area contributed by atoms with E-state index in [4.69, 9.17) is 0 Å². The van der Waals surface area contributed by atoms with E-state index < -0.39 is 17.9 Å². The molecule has 2 aromatic carbocycles.